The lowest BCUT2D eigenvalue weighted by molar-refractivity contribution is 0.913. The fourth-order valence-electron chi connectivity index (χ4n) is 2.74. The Labute approximate surface area is 118 Å². The van der Waals surface area contributed by atoms with Crippen molar-refractivity contribution < 1.29 is 0 Å². The predicted molar refractivity (Wildman–Crippen MR) is 80.0 cm³/mol. The van der Waals surface area contributed by atoms with Crippen LogP contribution in [0.25, 0.3) is 0 Å². The summed E-state index contributed by atoms with van der Waals surface area (Å²) in [5.74, 6) is 0. The highest BCUT2D eigenvalue weighted by Gasteiger charge is 2.20. The van der Waals surface area contributed by atoms with Crippen molar-refractivity contribution in [2.45, 2.75) is 38.5 Å². The monoisotopic (exact) mass is 276 g/mol. The highest BCUT2D eigenvalue weighted by Crippen LogP contribution is 2.39. The van der Waals surface area contributed by atoms with Crippen LogP contribution >= 0.6 is 22.9 Å². The molecule has 0 aliphatic heterocycles. The Morgan fingerprint density at radius 1 is 1.17 bits per heavy atom. The van der Waals surface area contributed by atoms with E-state index < -0.39 is 0 Å². The van der Waals surface area contributed by atoms with E-state index in [2.05, 4.69) is 38.1 Å². The number of benzene rings is 1. The minimum atomic E-state index is 0.0150. The zero-order chi connectivity index (χ0) is 12.7. The molecule has 1 aliphatic rings. The molecular weight excluding hydrogens is 260 g/mol. The third-order valence-electron chi connectivity index (χ3n) is 3.71. The quantitative estimate of drug-likeness (QED) is 0.663. The number of halogens is 1. The van der Waals surface area contributed by atoms with E-state index in [4.69, 9.17) is 11.6 Å². The molecule has 2 heteroatoms. The molecule has 1 aliphatic carbocycles. The summed E-state index contributed by atoms with van der Waals surface area (Å²) in [6.07, 6.45) is 3.80. The number of hydrogen-bond acceptors (Lipinski definition) is 1. The van der Waals surface area contributed by atoms with E-state index in [0.29, 0.717) is 0 Å². The SMILES string of the molecule is Cc1ccc(C(Cl)c2cc3c(s2)CCC3)c(C)c1. The van der Waals surface area contributed by atoms with E-state index in [1.807, 2.05) is 11.3 Å². The molecule has 1 aromatic carbocycles. The summed E-state index contributed by atoms with van der Waals surface area (Å²) in [7, 11) is 0. The lowest BCUT2D eigenvalue weighted by Crippen LogP contribution is -1.94. The average molecular weight is 277 g/mol. The molecule has 0 spiro atoms. The summed E-state index contributed by atoms with van der Waals surface area (Å²) in [6.45, 7) is 4.28. The molecule has 0 N–H and O–H groups in total. The first-order valence-electron chi connectivity index (χ1n) is 6.48. The Kier molecular flexibility index (Phi) is 3.21. The highest BCUT2D eigenvalue weighted by molar-refractivity contribution is 7.12. The van der Waals surface area contributed by atoms with Gasteiger partial charge in [-0.05, 0) is 55.9 Å². The van der Waals surface area contributed by atoms with Crippen molar-refractivity contribution in [3.63, 3.8) is 0 Å². The Bertz CT molecular complexity index is 561. The summed E-state index contributed by atoms with van der Waals surface area (Å²) in [6, 6.07) is 8.86. The van der Waals surface area contributed by atoms with Gasteiger partial charge in [-0.15, -0.1) is 22.9 Å². The number of fused-ring (bicyclic) bond motifs is 1. The molecule has 0 saturated carbocycles. The first-order chi connectivity index (χ1) is 8.65. The third-order valence-corrected chi connectivity index (χ3v) is 5.62. The van der Waals surface area contributed by atoms with Gasteiger partial charge in [-0.2, -0.15) is 0 Å². The van der Waals surface area contributed by atoms with Crippen molar-refractivity contribution in [2.75, 3.05) is 0 Å². The second kappa shape index (κ2) is 4.71. The van der Waals surface area contributed by atoms with Crippen LogP contribution in [-0.4, -0.2) is 0 Å². The predicted octanol–water partition coefficient (Wildman–Crippen LogP) is 5.18. The van der Waals surface area contributed by atoms with Gasteiger partial charge in [-0.3, -0.25) is 0 Å². The highest BCUT2D eigenvalue weighted by atomic mass is 35.5. The maximum Gasteiger partial charge on any atom is 0.0930 e. The third kappa shape index (κ3) is 2.10. The molecule has 94 valence electrons. The average Bonchev–Trinajstić information content (AvgIpc) is 2.87. The van der Waals surface area contributed by atoms with Gasteiger partial charge in [0.2, 0.25) is 0 Å². The topological polar surface area (TPSA) is 0 Å². The van der Waals surface area contributed by atoms with Crippen molar-refractivity contribution in [2.24, 2.45) is 0 Å². The molecule has 2 aromatic rings. The van der Waals surface area contributed by atoms with Crippen LogP contribution in [0.5, 0.6) is 0 Å². The van der Waals surface area contributed by atoms with E-state index >= 15 is 0 Å². The van der Waals surface area contributed by atoms with Crippen LogP contribution < -0.4 is 0 Å². The van der Waals surface area contributed by atoms with E-state index in [-0.39, 0.29) is 5.38 Å². The first-order valence-corrected chi connectivity index (χ1v) is 7.73. The lowest BCUT2D eigenvalue weighted by Gasteiger charge is -2.12. The van der Waals surface area contributed by atoms with Crippen LogP contribution in [0.4, 0.5) is 0 Å². The fourth-order valence-corrected chi connectivity index (χ4v) is 4.44. The van der Waals surface area contributed by atoms with Gasteiger partial charge >= 0.3 is 0 Å². The van der Waals surface area contributed by atoms with Crippen LogP contribution in [0, 0.1) is 13.8 Å². The molecule has 0 fully saturated rings. The molecule has 3 rings (SSSR count). The Morgan fingerprint density at radius 3 is 2.72 bits per heavy atom. The number of alkyl halides is 1. The van der Waals surface area contributed by atoms with Crippen LogP contribution in [0.1, 0.15) is 43.8 Å². The van der Waals surface area contributed by atoms with Gasteiger partial charge < -0.3 is 0 Å². The Hall–Kier alpha value is -0.790. The molecule has 0 amide bonds. The van der Waals surface area contributed by atoms with Crippen LogP contribution in [0.2, 0.25) is 0 Å². The van der Waals surface area contributed by atoms with Gasteiger partial charge in [-0.25, -0.2) is 0 Å². The molecular formula is C16H17ClS. The number of hydrogen-bond donors (Lipinski definition) is 0. The van der Waals surface area contributed by atoms with E-state index in [9.17, 15) is 0 Å². The minimum absolute atomic E-state index is 0.0150. The van der Waals surface area contributed by atoms with Crippen molar-refractivity contribution in [3.05, 3.63) is 56.3 Å². The Balaban J connectivity index is 1.95. The summed E-state index contributed by atoms with van der Waals surface area (Å²) in [4.78, 5) is 2.87. The standard InChI is InChI=1S/C16H17ClS/c1-10-6-7-13(11(2)8-10)16(17)15-9-12-4-3-5-14(12)18-15/h6-9,16H,3-5H2,1-2H3. The van der Waals surface area contributed by atoms with Crippen LogP contribution in [0.3, 0.4) is 0 Å². The van der Waals surface area contributed by atoms with Gasteiger partial charge in [0.1, 0.15) is 0 Å². The number of thiophene rings is 1. The van der Waals surface area contributed by atoms with Crippen molar-refractivity contribution in [1.82, 2.24) is 0 Å². The normalized spacial score (nSPS) is 15.7. The summed E-state index contributed by atoms with van der Waals surface area (Å²) < 4.78 is 0. The molecule has 1 unspecified atom stereocenters. The summed E-state index contributed by atoms with van der Waals surface area (Å²) in [5, 5.41) is 0.0150. The second-order valence-electron chi connectivity index (χ2n) is 5.17. The zero-order valence-electron chi connectivity index (χ0n) is 10.8. The molecule has 1 aromatic heterocycles. The lowest BCUT2D eigenvalue weighted by atomic mass is 10.0. The van der Waals surface area contributed by atoms with Gasteiger partial charge in [0.25, 0.3) is 0 Å². The maximum atomic E-state index is 6.67. The zero-order valence-corrected chi connectivity index (χ0v) is 12.4. The van der Waals surface area contributed by atoms with Crippen molar-refractivity contribution in [3.8, 4) is 0 Å². The largest absolute Gasteiger partial charge is 0.143 e. The van der Waals surface area contributed by atoms with Crippen LogP contribution in [0.15, 0.2) is 24.3 Å². The van der Waals surface area contributed by atoms with Gasteiger partial charge in [0.05, 0.1) is 5.38 Å². The molecule has 18 heavy (non-hydrogen) atoms. The molecule has 0 nitrogen and oxygen atoms in total. The number of aryl methyl sites for hydroxylation is 4. The molecule has 1 heterocycles. The van der Waals surface area contributed by atoms with Crippen molar-refractivity contribution >= 4 is 22.9 Å². The summed E-state index contributed by atoms with van der Waals surface area (Å²) in [5.41, 5.74) is 5.38. The Morgan fingerprint density at radius 2 is 2.00 bits per heavy atom. The van der Waals surface area contributed by atoms with E-state index in [1.165, 1.54) is 46.4 Å². The van der Waals surface area contributed by atoms with Gasteiger partial charge in [0, 0.05) is 9.75 Å². The van der Waals surface area contributed by atoms with Gasteiger partial charge in [-0.1, -0.05) is 23.8 Å². The van der Waals surface area contributed by atoms with Gasteiger partial charge in [0.15, 0.2) is 0 Å². The first kappa shape index (κ1) is 12.3. The smallest absolute Gasteiger partial charge is 0.0930 e. The maximum absolute atomic E-state index is 6.67. The fraction of sp³-hybridized carbons (Fsp3) is 0.375. The summed E-state index contributed by atoms with van der Waals surface area (Å²) >= 11 is 8.57. The minimum Gasteiger partial charge on any atom is -0.143 e. The second-order valence-corrected chi connectivity index (χ2v) is 6.78. The molecule has 0 bridgehead atoms. The van der Waals surface area contributed by atoms with E-state index in [0.717, 1.165) is 0 Å². The number of rotatable bonds is 2. The molecule has 0 saturated heterocycles. The molecule has 0 radical (unpaired) electrons. The van der Waals surface area contributed by atoms with Crippen LogP contribution in [-0.2, 0) is 12.8 Å². The van der Waals surface area contributed by atoms with Crippen molar-refractivity contribution in [1.29, 1.82) is 0 Å². The van der Waals surface area contributed by atoms with E-state index in [1.54, 1.807) is 4.88 Å². The molecule has 1 atom stereocenters.